The molecule has 0 rings (SSSR count). The molecule has 0 aromatic heterocycles. The predicted octanol–water partition coefficient (Wildman–Crippen LogP) is 0.268. The molecule has 1 amide bonds. The van der Waals surface area contributed by atoms with Crippen LogP contribution in [0.2, 0.25) is 13.6 Å². The summed E-state index contributed by atoms with van der Waals surface area (Å²) >= 11 is 0. The maximum absolute atomic E-state index is 10.5. The minimum atomic E-state index is 0.0312. The summed E-state index contributed by atoms with van der Waals surface area (Å²) in [6.45, 7) is 6.06. The smallest absolute Gasteiger partial charge is 0.237 e. The first kappa shape index (κ1) is 8.49. The average molecular weight is 128 g/mol. The van der Waals surface area contributed by atoms with Crippen LogP contribution in [0, 0.1) is 0 Å². The lowest BCUT2D eigenvalue weighted by Crippen LogP contribution is -2.43. The summed E-state index contributed by atoms with van der Waals surface area (Å²) in [6.07, 6.45) is 0.528. The van der Waals surface area contributed by atoms with E-state index in [0.717, 1.165) is 0 Å². The Labute approximate surface area is 56.3 Å². The van der Waals surface area contributed by atoms with E-state index in [-0.39, 0.29) is 5.91 Å². The second-order valence-corrected chi connectivity index (χ2v) is 2.20. The number of hydrogen-bond donors (Lipinski definition) is 2. The normalized spacial score (nSPS) is 8.78. The van der Waals surface area contributed by atoms with Crippen molar-refractivity contribution in [1.29, 1.82) is 0 Å². The van der Waals surface area contributed by atoms with Crippen LogP contribution in [0.4, 0.5) is 0 Å². The highest BCUT2D eigenvalue weighted by atomic mass is 16.2. The van der Waals surface area contributed by atoms with Crippen LogP contribution in [-0.4, -0.2) is 12.8 Å². The molecule has 0 fully saturated rings. The molecular formula is C5H13BN2O. The van der Waals surface area contributed by atoms with Gasteiger partial charge in [0.05, 0.1) is 0 Å². The molecule has 2 N–H and O–H groups in total. The van der Waals surface area contributed by atoms with Crippen LogP contribution in [0.15, 0.2) is 0 Å². The third-order valence-corrected chi connectivity index (χ3v) is 0.821. The van der Waals surface area contributed by atoms with Gasteiger partial charge in [-0.3, -0.25) is 10.1 Å². The van der Waals surface area contributed by atoms with Crippen LogP contribution in [0.3, 0.4) is 0 Å². The van der Waals surface area contributed by atoms with Gasteiger partial charge >= 0.3 is 0 Å². The van der Waals surface area contributed by atoms with Crippen molar-refractivity contribution in [2.75, 3.05) is 0 Å². The van der Waals surface area contributed by atoms with Crippen LogP contribution in [0.5, 0.6) is 0 Å². The molecule has 0 aliphatic heterocycles. The number of carbonyl (C=O) groups excluding carboxylic acids is 1. The zero-order valence-electron chi connectivity index (χ0n) is 6.19. The summed E-state index contributed by atoms with van der Waals surface area (Å²) in [5, 5.41) is 2.80. The van der Waals surface area contributed by atoms with Gasteiger partial charge in [0.15, 0.2) is 0 Å². The van der Waals surface area contributed by atoms with Crippen LogP contribution < -0.4 is 10.8 Å². The van der Waals surface area contributed by atoms with Crippen LogP contribution >= 0.6 is 0 Å². The van der Waals surface area contributed by atoms with E-state index in [4.69, 9.17) is 0 Å². The molecular weight excluding hydrogens is 115 g/mol. The van der Waals surface area contributed by atoms with E-state index in [2.05, 4.69) is 10.8 Å². The number of amides is 1. The lowest BCUT2D eigenvalue weighted by atomic mass is 9.70. The number of nitrogens with one attached hydrogen (secondary N) is 2. The minimum absolute atomic E-state index is 0.0312. The van der Waals surface area contributed by atoms with Crippen LogP contribution in [-0.2, 0) is 4.79 Å². The first-order valence-corrected chi connectivity index (χ1v) is 3.21. The highest BCUT2D eigenvalue weighted by molar-refractivity contribution is 6.52. The van der Waals surface area contributed by atoms with E-state index in [0.29, 0.717) is 13.3 Å². The second kappa shape index (κ2) is 4.38. The second-order valence-electron chi connectivity index (χ2n) is 2.20. The molecule has 9 heavy (non-hydrogen) atoms. The molecule has 0 aliphatic rings. The average Bonchev–Trinajstić information content (AvgIpc) is 1.83. The van der Waals surface area contributed by atoms with Crippen molar-refractivity contribution in [2.45, 2.75) is 27.0 Å². The molecule has 0 aromatic rings. The van der Waals surface area contributed by atoms with E-state index in [1.165, 1.54) is 0 Å². The molecule has 0 heterocycles. The Bertz CT molecular complexity index is 95.0. The highest BCUT2D eigenvalue weighted by Crippen LogP contribution is 1.72. The number of hydrazine groups is 1. The van der Waals surface area contributed by atoms with Crippen molar-refractivity contribution in [3.8, 4) is 0 Å². The Balaban J connectivity index is 3.17. The van der Waals surface area contributed by atoms with Crippen molar-refractivity contribution in [2.24, 2.45) is 0 Å². The summed E-state index contributed by atoms with van der Waals surface area (Å²) in [4.78, 5) is 10.5. The molecule has 0 aliphatic carbocycles. The molecule has 4 heteroatoms. The largest absolute Gasteiger partial charge is 0.302 e. The van der Waals surface area contributed by atoms with E-state index in [1.54, 1.807) is 0 Å². The maximum Gasteiger partial charge on any atom is 0.237 e. The van der Waals surface area contributed by atoms with Gasteiger partial charge in [0.1, 0.15) is 0 Å². The Morgan fingerprint density at radius 2 is 2.11 bits per heavy atom. The molecule has 3 nitrogen and oxygen atoms in total. The molecule has 52 valence electrons. The van der Waals surface area contributed by atoms with Gasteiger partial charge in [-0.05, 0) is 0 Å². The fraction of sp³-hybridized carbons (Fsp3) is 0.800. The molecule has 0 unspecified atom stereocenters. The molecule has 0 aromatic carbocycles. The molecule has 0 radical (unpaired) electrons. The fourth-order valence-corrected chi connectivity index (χ4v) is 0.313. The van der Waals surface area contributed by atoms with Gasteiger partial charge < -0.3 is 5.43 Å². The molecule has 0 bridgehead atoms. The predicted molar refractivity (Wildman–Crippen MR) is 39.1 cm³/mol. The van der Waals surface area contributed by atoms with Gasteiger partial charge in [0, 0.05) is 6.42 Å². The van der Waals surface area contributed by atoms with Gasteiger partial charge in [-0.2, -0.15) is 0 Å². The van der Waals surface area contributed by atoms with Gasteiger partial charge in [-0.25, -0.2) is 0 Å². The maximum atomic E-state index is 10.5. The molecule has 0 atom stereocenters. The standard InChI is InChI=1S/C5H13BN2O/c1-4-5(9)7-8-6(2)3/h8H,4H2,1-3H3,(H,7,9). The number of carbonyl (C=O) groups is 1. The molecule has 0 spiro atoms. The third-order valence-electron chi connectivity index (χ3n) is 0.821. The number of rotatable bonds is 3. The van der Waals surface area contributed by atoms with Crippen molar-refractivity contribution in [3.63, 3.8) is 0 Å². The molecule has 0 saturated heterocycles. The van der Waals surface area contributed by atoms with E-state index in [1.807, 2.05) is 20.6 Å². The van der Waals surface area contributed by atoms with Crippen molar-refractivity contribution >= 4 is 12.8 Å². The third kappa shape index (κ3) is 5.36. The Kier molecular flexibility index (Phi) is 4.14. The summed E-state index contributed by atoms with van der Waals surface area (Å²) < 4.78 is 0. The first-order valence-electron chi connectivity index (χ1n) is 3.21. The summed E-state index contributed by atoms with van der Waals surface area (Å²) in [7, 11) is 0. The lowest BCUT2D eigenvalue weighted by Gasteiger charge is -2.05. The van der Waals surface area contributed by atoms with Crippen molar-refractivity contribution < 1.29 is 4.79 Å². The lowest BCUT2D eigenvalue weighted by molar-refractivity contribution is -0.121. The van der Waals surface area contributed by atoms with Gasteiger partial charge in [-0.15, -0.1) is 0 Å². The topological polar surface area (TPSA) is 41.1 Å². The van der Waals surface area contributed by atoms with Gasteiger partial charge in [0.25, 0.3) is 0 Å². The summed E-state index contributed by atoms with van der Waals surface area (Å²) in [5.41, 5.74) is 2.54. The SMILES string of the molecule is CCC(=O)NNB(C)C. The van der Waals surface area contributed by atoms with E-state index < -0.39 is 0 Å². The number of hydrogen-bond acceptors (Lipinski definition) is 2. The Morgan fingerprint density at radius 1 is 1.56 bits per heavy atom. The van der Waals surface area contributed by atoms with Gasteiger partial charge in [-0.1, -0.05) is 20.6 Å². The summed E-state index contributed by atoms with van der Waals surface area (Å²) in [6, 6.07) is 0. The molecule has 0 saturated carbocycles. The minimum Gasteiger partial charge on any atom is -0.302 e. The Morgan fingerprint density at radius 3 is 2.44 bits per heavy atom. The van der Waals surface area contributed by atoms with Crippen LogP contribution in [0.25, 0.3) is 0 Å². The van der Waals surface area contributed by atoms with E-state index in [9.17, 15) is 4.79 Å². The van der Waals surface area contributed by atoms with Crippen molar-refractivity contribution in [1.82, 2.24) is 10.8 Å². The highest BCUT2D eigenvalue weighted by Gasteiger charge is 1.98. The zero-order chi connectivity index (χ0) is 7.28. The Hall–Kier alpha value is -0.505. The fourth-order valence-electron chi connectivity index (χ4n) is 0.313. The zero-order valence-corrected chi connectivity index (χ0v) is 6.19. The van der Waals surface area contributed by atoms with E-state index >= 15 is 0 Å². The monoisotopic (exact) mass is 128 g/mol. The first-order chi connectivity index (χ1) is 4.16. The summed E-state index contributed by atoms with van der Waals surface area (Å²) in [5.74, 6) is 0.0312. The van der Waals surface area contributed by atoms with Crippen molar-refractivity contribution in [3.05, 3.63) is 0 Å². The quantitative estimate of drug-likeness (QED) is 0.423. The van der Waals surface area contributed by atoms with Gasteiger partial charge in [0.2, 0.25) is 12.8 Å². The van der Waals surface area contributed by atoms with Crippen LogP contribution in [0.1, 0.15) is 13.3 Å².